The molecule has 0 aliphatic carbocycles. The Hall–Kier alpha value is -2.15. The Bertz CT molecular complexity index is 702. The zero-order valence-corrected chi connectivity index (χ0v) is 16.3. The summed E-state index contributed by atoms with van der Waals surface area (Å²) in [6, 6.07) is 7.48. The molecular formula is C18H23BrN4O2. The van der Waals surface area contributed by atoms with E-state index in [-0.39, 0.29) is 17.4 Å². The monoisotopic (exact) mass is 406 g/mol. The van der Waals surface area contributed by atoms with Crippen molar-refractivity contribution in [2.45, 2.75) is 32.6 Å². The van der Waals surface area contributed by atoms with E-state index in [9.17, 15) is 4.79 Å². The SMILES string of the molecule is CC(C)(C)c1ccc(OCCCNC(=O)Nc2ncccn2)c(Br)c1. The number of rotatable bonds is 6. The summed E-state index contributed by atoms with van der Waals surface area (Å²) in [7, 11) is 0. The summed E-state index contributed by atoms with van der Waals surface area (Å²) >= 11 is 3.55. The highest BCUT2D eigenvalue weighted by atomic mass is 79.9. The molecule has 0 unspecified atom stereocenters. The average molecular weight is 407 g/mol. The summed E-state index contributed by atoms with van der Waals surface area (Å²) in [5.41, 5.74) is 1.34. The number of carbonyl (C=O) groups is 1. The van der Waals surface area contributed by atoms with E-state index < -0.39 is 0 Å². The summed E-state index contributed by atoms with van der Waals surface area (Å²) < 4.78 is 6.70. The number of hydrogen-bond acceptors (Lipinski definition) is 4. The Morgan fingerprint density at radius 2 is 1.96 bits per heavy atom. The summed E-state index contributed by atoms with van der Waals surface area (Å²) in [5.74, 6) is 1.08. The van der Waals surface area contributed by atoms with Crippen LogP contribution < -0.4 is 15.4 Å². The minimum absolute atomic E-state index is 0.0980. The molecule has 0 bridgehead atoms. The van der Waals surface area contributed by atoms with Gasteiger partial charge in [0.1, 0.15) is 5.75 Å². The number of nitrogens with one attached hydrogen (secondary N) is 2. The van der Waals surface area contributed by atoms with Gasteiger partial charge in [-0.15, -0.1) is 0 Å². The maximum Gasteiger partial charge on any atom is 0.321 e. The molecule has 134 valence electrons. The quantitative estimate of drug-likeness (QED) is 0.707. The summed E-state index contributed by atoms with van der Waals surface area (Å²) in [6.45, 7) is 7.53. The molecule has 2 rings (SSSR count). The minimum Gasteiger partial charge on any atom is -0.492 e. The molecule has 0 fully saturated rings. The van der Waals surface area contributed by atoms with E-state index in [2.05, 4.69) is 69.4 Å². The molecule has 2 amide bonds. The number of aromatic nitrogens is 2. The van der Waals surface area contributed by atoms with E-state index >= 15 is 0 Å². The van der Waals surface area contributed by atoms with Crippen molar-refractivity contribution in [1.29, 1.82) is 0 Å². The van der Waals surface area contributed by atoms with E-state index in [1.807, 2.05) is 6.07 Å². The highest BCUT2D eigenvalue weighted by molar-refractivity contribution is 9.10. The Morgan fingerprint density at radius 1 is 1.24 bits per heavy atom. The van der Waals surface area contributed by atoms with Gasteiger partial charge in [-0.25, -0.2) is 14.8 Å². The van der Waals surface area contributed by atoms with Crippen LogP contribution in [0.1, 0.15) is 32.8 Å². The van der Waals surface area contributed by atoms with Crippen molar-refractivity contribution in [2.24, 2.45) is 0 Å². The van der Waals surface area contributed by atoms with Gasteiger partial charge in [-0.1, -0.05) is 26.8 Å². The molecule has 0 saturated carbocycles. The molecule has 0 radical (unpaired) electrons. The fourth-order valence-corrected chi connectivity index (χ4v) is 2.54. The van der Waals surface area contributed by atoms with Gasteiger partial charge in [-0.2, -0.15) is 0 Å². The molecule has 7 heteroatoms. The van der Waals surface area contributed by atoms with E-state index in [1.54, 1.807) is 18.5 Å². The van der Waals surface area contributed by atoms with Crippen molar-refractivity contribution in [2.75, 3.05) is 18.5 Å². The van der Waals surface area contributed by atoms with Crippen LogP contribution in [0.3, 0.4) is 0 Å². The topological polar surface area (TPSA) is 76.1 Å². The van der Waals surface area contributed by atoms with Crippen LogP contribution in [0.4, 0.5) is 10.7 Å². The lowest BCUT2D eigenvalue weighted by Gasteiger charge is -2.20. The van der Waals surface area contributed by atoms with Gasteiger partial charge in [0, 0.05) is 18.9 Å². The lowest BCUT2D eigenvalue weighted by atomic mass is 9.87. The van der Waals surface area contributed by atoms with Crippen molar-refractivity contribution in [3.05, 3.63) is 46.7 Å². The van der Waals surface area contributed by atoms with Gasteiger partial charge >= 0.3 is 6.03 Å². The molecule has 0 atom stereocenters. The third kappa shape index (κ3) is 6.34. The molecule has 0 aliphatic heterocycles. The van der Waals surface area contributed by atoms with Crippen molar-refractivity contribution in [3.8, 4) is 5.75 Å². The molecule has 2 aromatic rings. The van der Waals surface area contributed by atoms with Crippen LogP contribution >= 0.6 is 15.9 Å². The Morgan fingerprint density at radius 3 is 2.60 bits per heavy atom. The summed E-state index contributed by atoms with van der Waals surface area (Å²) in [4.78, 5) is 19.5. The number of halogens is 1. The van der Waals surface area contributed by atoms with Crippen molar-refractivity contribution >= 4 is 27.9 Å². The number of hydrogen-bond donors (Lipinski definition) is 2. The lowest BCUT2D eigenvalue weighted by molar-refractivity contribution is 0.250. The van der Waals surface area contributed by atoms with E-state index in [0.29, 0.717) is 19.6 Å². The normalized spacial score (nSPS) is 11.0. The molecule has 25 heavy (non-hydrogen) atoms. The van der Waals surface area contributed by atoms with E-state index in [0.717, 1.165) is 10.2 Å². The third-order valence-corrected chi connectivity index (χ3v) is 4.07. The molecule has 6 nitrogen and oxygen atoms in total. The van der Waals surface area contributed by atoms with Crippen LogP contribution in [0.25, 0.3) is 0 Å². The molecule has 0 aliphatic rings. The first-order valence-corrected chi connectivity index (χ1v) is 8.90. The summed E-state index contributed by atoms with van der Waals surface area (Å²) in [5, 5.41) is 5.30. The van der Waals surface area contributed by atoms with Gasteiger partial charge in [0.25, 0.3) is 0 Å². The van der Waals surface area contributed by atoms with Crippen molar-refractivity contribution < 1.29 is 9.53 Å². The van der Waals surface area contributed by atoms with Gasteiger partial charge in [0.2, 0.25) is 5.95 Å². The van der Waals surface area contributed by atoms with Gasteiger partial charge < -0.3 is 10.1 Å². The maximum atomic E-state index is 11.7. The molecule has 1 aromatic carbocycles. The highest BCUT2D eigenvalue weighted by Crippen LogP contribution is 2.31. The smallest absolute Gasteiger partial charge is 0.321 e. The first kappa shape index (κ1) is 19.2. The third-order valence-electron chi connectivity index (χ3n) is 3.45. The van der Waals surface area contributed by atoms with E-state index in [1.165, 1.54) is 5.56 Å². The van der Waals surface area contributed by atoms with Gasteiger partial charge in [-0.3, -0.25) is 5.32 Å². The molecular weight excluding hydrogens is 384 g/mol. The number of benzene rings is 1. The second kappa shape index (κ2) is 8.80. The predicted molar refractivity (Wildman–Crippen MR) is 102 cm³/mol. The van der Waals surface area contributed by atoms with Gasteiger partial charge in [0.15, 0.2) is 0 Å². The van der Waals surface area contributed by atoms with Crippen LogP contribution in [0.5, 0.6) is 5.75 Å². The number of carbonyl (C=O) groups excluding carboxylic acids is 1. The maximum absolute atomic E-state index is 11.7. The molecule has 1 aromatic heterocycles. The summed E-state index contributed by atoms with van der Waals surface area (Å²) in [6.07, 6.45) is 3.83. The van der Waals surface area contributed by atoms with Crippen LogP contribution in [0, 0.1) is 0 Å². The Labute approximate surface area is 156 Å². The largest absolute Gasteiger partial charge is 0.492 e. The standard InChI is InChI=1S/C18H23BrN4O2/c1-18(2,3)13-6-7-15(14(19)12-13)25-11-5-10-22-17(24)23-16-20-8-4-9-21-16/h4,6-9,12H,5,10-11H2,1-3H3,(H2,20,21,22,23,24). The lowest BCUT2D eigenvalue weighted by Crippen LogP contribution is -2.30. The second-order valence-corrected chi connectivity index (χ2v) is 7.40. The number of urea groups is 1. The van der Waals surface area contributed by atoms with Crippen LogP contribution in [0.2, 0.25) is 0 Å². The number of nitrogens with zero attached hydrogens (tertiary/aromatic N) is 2. The first-order chi connectivity index (χ1) is 11.9. The van der Waals surface area contributed by atoms with Gasteiger partial charge in [0.05, 0.1) is 11.1 Å². The predicted octanol–water partition coefficient (Wildman–Crippen LogP) is 4.13. The Kier molecular flexibility index (Phi) is 6.75. The van der Waals surface area contributed by atoms with Crippen molar-refractivity contribution in [3.63, 3.8) is 0 Å². The van der Waals surface area contributed by atoms with Crippen LogP contribution in [-0.2, 0) is 5.41 Å². The molecule has 1 heterocycles. The molecule has 2 N–H and O–H groups in total. The van der Waals surface area contributed by atoms with Crippen LogP contribution in [0.15, 0.2) is 41.1 Å². The number of amides is 2. The van der Waals surface area contributed by atoms with Crippen LogP contribution in [-0.4, -0.2) is 29.2 Å². The van der Waals surface area contributed by atoms with E-state index in [4.69, 9.17) is 4.74 Å². The Balaban J connectivity index is 1.70. The average Bonchev–Trinajstić information content (AvgIpc) is 2.55. The van der Waals surface area contributed by atoms with Gasteiger partial charge in [-0.05, 0) is 51.5 Å². The molecule has 0 spiro atoms. The zero-order valence-electron chi connectivity index (χ0n) is 14.7. The first-order valence-electron chi connectivity index (χ1n) is 8.11. The number of anilines is 1. The number of ether oxygens (including phenoxy) is 1. The zero-order chi connectivity index (χ0) is 18.3. The minimum atomic E-state index is -0.332. The highest BCUT2D eigenvalue weighted by Gasteiger charge is 2.15. The van der Waals surface area contributed by atoms with Crippen molar-refractivity contribution in [1.82, 2.24) is 15.3 Å². The fourth-order valence-electron chi connectivity index (χ4n) is 2.05. The fraction of sp³-hybridized carbons (Fsp3) is 0.389. The second-order valence-electron chi connectivity index (χ2n) is 6.55. The molecule has 0 saturated heterocycles.